The van der Waals surface area contributed by atoms with Crippen LogP contribution >= 0.6 is 23.2 Å². The first-order valence-electron chi connectivity index (χ1n) is 7.12. The first-order chi connectivity index (χ1) is 10.6. The smallest absolute Gasteiger partial charge is 0.235 e. The largest absolute Gasteiger partial charge is 0.335 e. The number of hydrogen-bond acceptors (Lipinski definition) is 2. The van der Waals surface area contributed by atoms with E-state index < -0.39 is 0 Å². The number of amides is 1. The summed E-state index contributed by atoms with van der Waals surface area (Å²) in [6.07, 6.45) is -0.316. The molecule has 2 aromatic rings. The maximum Gasteiger partial charge on any atom is 0.235 e. The molecule has 5 heteroatoms. The van der Waals surface area contributed by atoms with Gasteiger partial charge in [0.15, 0.2) is 0 Å². The van der Waals surface area contributed by atoms with Crippen LogP contribution in [0, 0.1) is 0 Å². The van der Waals surface area contributed by atoms with Crippen LogP contribution in [0.5, 0.6) is 0 Å². The van der Waals surface area contributed by atoms with Crippen LogP contribution in [0.25, 0.3) is 0 Å². The minimum atomic E-state index is -0.316. The summed E-state index contributed by atoms with van der Waals surface area (Å²) in [6.45, 7) is 2.40. The van der Waals surface area contributed by atoms with Crippen molar-refractivity contribution in [2.75, 3.05) is 6.54 Å². The Bertz CT molecular complexity index is 670. The summed E-state index contributed by atoms with van der Waals surface area (Å²) in [5, 5.41) is 4.09. The van der Waals surface area contributed by atoms with E-state index in [-0.39, 0.29) is 18.1 Å². The molecule has 22 heavy (non-hydrogen) atoms. The molecule has 3 nitrogen and oxygen atoms in total. The van der Waals surface area contributed by atoms with Crippen molar-refractivity contribution >= 4 is 29.1 Å². The fourth-order valence-corrected chi connectivity index (χ4v) is 3.44. The van der Waals surface area contributed by atoms with Gasteiger partial charge in [-0.25, -0.2) is 0 Å². The van der Waals surface area contributed by atoms with E-state index in [2.05, 4.69) is 29.3 Å². The van der Waals surface area contributed by atoms with Crippen molar-refractivity contribution in [2.24, 2.45) is 0 Å². The molecule has 0 spiro atoms. The Morgan fingerprint density at radius 1 is 1.09 bits per heavy atom. The van der Waals surface area contributed by atoms with Gasteiger partial charge < -0.3 is 5.32 Å². The zero-order valence-electron chi connectivity index (χ0n) is 12.1. The van der Waals surface area contributed by atoms with Crippen LogP contribution < -0.4 is 5.32 Å². The molecule has 0 saturated carbocycles. The van der Waals surface area contributed by atoms with Crippen molar-refractivity contribution in [3.8, 4) is 0 Å². The lowest BCUT2D eigenvalue weighted by molar-refractivity contribution is -0.118. The minimum absolute atomic E-state index is 0.0243. The highest BCUT2D eigenvalue weighted by Gasteiger charge is 2.36. The normalized spacial score (nSPS) is 20.0. The Morgan fingerprint density at radius 2 is 1.73 bits per heavy atom. The second-order valence-electron chi connectivity index (χ2n) is 5.36. The number of halogens is 2. The molecule has 1 fully saturated rings. The fourth-order valence-electron chi connectivity index (χ4n) is 2.83. The van der Waals surface area contributed by atoms with Crippen LogP contribution in [-0.4, -0.2) is 17.4 Å². The van der Waals surface area contributed by atoms with E-state index in [1.165, 1.54) is 0 Å². The third-order valence-corrected chi connectivity index (χ3v) is 4.67. The van der Waals surface area contributed by atoms with Gasteiger partial charge in [0.25, 0.3) is 0 Å². The molecule has 2 atom stereocenters. The molecule has 1 aliphatic heterocycles. The lowest BCUT2D eigenvalue weighted by Gasteiger charge is -2.30. The predicted molar refractivity (Wildman–Crippen MR) is 88.9 cm³/mol. The molecule has 0 aromatic heterocycles. The van der Waals surface area contributed by atoms with Crippen LogP contribution in [0.2, 0.25) is 10.0 Å². The molecule has 0 unspecified atom stereocenters. The lowest BCUT2D eigenvalue weighted by Crippen LogP contribution is -2.30. The first-order valence-corrected chi connectivity index (χ1v) is 7.87. The van der Waals surface area contributed by atoms with Crippen molar-refractivity contribution < 1.29 is 4.79 Å². The van der Waals surface area contributed by atoms with Crippen LogP contribution in [0.4, 0.5) is 0 Å². The van der Waals surface area contributed by atoms with Crippen molar-refractivity contribution in [1.82, 2.24) is 10.2 Å². The number of hydrogen-bond donors (Lipinski definition) is 1. The molecule has 1 saturated heterocycles. The van der Waals surface area contributed by atoms with Gasteiger partial charge in [0.2, 0.25) is 5.91 Å². The quantitative estimate of drug-likeness (QED) is 0.912. The Kier molecular flexibility index (Phi) is 4.39. The maximum atomic E-state index is 12.0. The van der Waals surface area contributed by atoms with E-state index in [0.717, 1.165) is 11.1 Å². The van der Waals surface area contributed by atoms with Gasteiger partial charge in [0.1, 0.15) is 6.17 Å². The zero-order chi connectivity index (χ0) is 15.7. The number of nitrogens with zero attached hydrogens (tertiary/aromatic N) is 1. The molecular formula is C17H16Cl2N2O. The third-order valence-electron chi connectivity index (χ3n) is 4.01. The van der Waals surface area contributed by atoms with Crippen molar-refractivity contribution in [2.45, 2.75) is 19.1 Å². The second-order valence-corrected chi connectivity index (χ2v) is 6.18. The maximum absolute atomic E-state index is 12.0. The van der Waals surface area contributed by atoms with Gasteiger partial charge in [-0.3, -0.25) is 9.69 Å². The number of rotatable bonds is 3. The third kappa shape index (κ3) is 2.84. The number of nitrogens with one attached hydrogen (secondary N) is 1. The molecule has 0 bridgehead atoms. The van der Waals surface area contributed by atoms with Gasteiger partial charge in [-0.05, 0) is 24.6 Å². The molecule has 2 aromatic carbocycles. The van der Waals surface area contributed by atoms with E-state index in [1.54, 1.807) is 18.2 Å². The molecule has 1 heterocycles. The highest BCUT2D eigenvalue weighted by Crippen LogP contribution is 2.38. The van der Waals surface area contributed by atoms with Gasteiger partial charge in [-0.2, -0.15) is 0 Å². The summed E-state index contributed by atoms with van der Waals surface area (Å²) in [5.74, 6) is -0.0243. The number of carbonyl (C=O) groups is 1. The van der Waals surface area contributed by atoms with Gasteiger partial charge in [0, 0.05) is 21.7 Å². The lowest BCUT2D eigenvalue weighted by atomic mass is 10.0. The van der Waals surface area contributed by atoms with Crippen LogP contribution in [0.15, 0.2) is 48.5 Å². The van der Waals surface area contributed by atoms with Crippen molar-refractivity contribution in [3.63, 3.8) is 0 Å². The van der Waals surface area contributed by atoms with E-state index in [4.69, 9.17) is 23.2 Å². The van der Waals surface area contributed by atoms with E-state index in [9.17, 15) is 4.79 Å². The van der Waals surface area contributed by atoms with Crippen LogP contribution in [0.3, 0.4) is 0 Å². The fraction of sp³-hybridized carbons (Fsp3) is 0.235. The van der Waals surface area contributed by atoms with E-state index in [1.807, 2.05) is 18.2 Å². The van der Waals surface area contributed by atoms with Gasteiger partial charge in [0.05, 0.1) is 6.54 Å². The topological polar surface area (TPSA) is 32.3 Å². The Balaban J connectivity index is 1.98. The molecule has 0 aliphatic carbocycles. The Morgan fingerprint density at radius 3 is 2.36 bits per heavy atom. The highest BCUT2D eigenvalue weighted by atomic mass is 35.5. The molecular weight excluding hydrogens is 319 g/mol. The minimum Gasteiger partial charge on any atom is -0.335 e. The summed E-state index contributed by atoms with van der Waals surface area (Å²) >= 11 is 12.6. The van der Waals surface area contributed by atoms with Crippen LogP contribution in [0.1, 0.15) is 30.3 Å². The highest BCUT2D eigenvalue weighted by molar-refractivity contribution is 6.36. The molecule has 0 radical (unpaired) electrons. The number of benzene rings is 2. The number of carbonyl (C=O) groups excluding carboxylic acids is 1. The Labute approximate surface area is 139 Å². The molecule has 3 rings (SSSR count). The monoisotopic (exact) mass is 334 g/mol. The summed E-state index contributed by atoms with van der Waals surface area (Å²) in [6, 6.07) is 15.5. The average molecular weight is 335 g/mol. The second kappa shape index (κ2) is 6.29. The van der Waals surface area contributed by atoms with E-state index >= 15 is 0 Å². The average Bonchev–Trinajstić information content (AvgIpc) is 2.89. The standard InChI is InChI=1S/C17H16Cl2N2O/c1-11(12-6-3-2-4-7-12)21-10-15(22)20-17(21)16-13(18)8-5-9-14(16)19/h2-9,11,17H,10H2,1H3,(H,20,22)/t11-,17-/m1/s1. The Hall–Kier alpha value is -1.55. The summed E-state index contributed by atoms with van der Waals surface area (Å²) in [7, 11) is 0. The molecule has 114 valence electrons. The van der Waals surface area contributed by atoms with E-state index in [0.29, 0.717) is 16.6 Å². The van der Waals surface area contributed by atoms with Crippen molar-refractivity contribution in [1.29, 1.82) is 0 Å². The molecule has 1 aliphatic rings. The summed E-state index contributed by atoms with van der Waals surface area (Å²) in [4.78, 5) is 14.0. The summed E-state index contributed by atoms with van der Waals surface area (Å²) < 4.78 is 0. The first kappa shape index (κ1) is 15.3. The van der Waals surface area contributed by atoms with Gasteiger partial charge in [-0.15, -0.1) is 0 Å². The molecule has 1 N–H and O–H groups in total. The molecule has 1 amide bonds. The van der Waals surface area contributed by atoms with Gasteiger partial charge in [-0.1, -0.05) is 59.6 Å². The van der Waals surface area contributed by atoms with Gasteiger partial charge >= 0.3 is 0 Å². The zero-order valence-corrected chi connectivity index (χ0v) is 13.6. The summed E-state index contributed by atoms with van der Waals surface area (Å²) in [5.41, 5.74) is 1.90. The SMILES string of the molecule is C[C@H](c1ccccc1)N1CC(=O)N[C@H]1c1c(Cl)cccc1Cl. The van der Waals surface area contributed by atoms with Crippen LogP contribution in [-0.2, 0) is 4.79 Å². The van der Waals surface area contributed by atoms with Crippen molar-refractivity contribution in [3.05, 3.63) is 69.7 Å². The predicted octanol–water partition coefficient (Wildman–Crippen LogP) is 4.19.